The summed E-state index contributed by atoms with van der Waals surface area (Å²) in [6, 6.07) is 23.3. The van der Waals surface area contributed by atoms with E-state index < -0.39 is 0 Å². The van der Waals surface area contributed by atoms with Crippen LogP contribution in [0.25, 0.3) is 6.08 Å². The van der Waals surface area contributed by atoms with Crippen LogP contribution in [0.3, 0.4) is 0 Å². The van der Waals surface area contributed by atoms with Gasteiger partial charge in [-0.2, -0.15) is 0 Å². The van der Waals surface area contributed by atoms with Gasteiger partial charge in [-0.3, -0.25) is 9.69 Å². The van der Waals surface area contributed by atoms with Gasteiger partial charge in [-0.25, -0.2) is 0 Å². The number of para-hydroxylation sites is 1. The molecule has 0 unspecified atom stereocenters. The molecular weight excluding hydrogens is 450 g/mol. The van der Waals surface area contributed by atoms with Crippen LogP contribution < -0.4 is 14.4 Å². The summed E-state index contributed by atoms with van der Waals surface area (Å²) in [4.78, 5) is 15.1. The third kappa shape index (κ3) is 5.83. The Balaban J connectivity index is 1.32. The minimum absolute atomic E-state index is 0.106. The van der Waals surface area contributed by atoms with Crippen molar-refractivity contribution in [2.45, 2.75) is 20.3 Å². The SMILES string of the molecule is Cc1ccc(OCCCOc2cccc(C=C3SC(=S)N(c4ccccc4)C3=O)c2)cc1C. The molecule has 4 nitrogen and oxygen atoms in total. The van der Waals surface area contributed by atoms with Crippen molar-refractivity contribution in [1.82, 2.24) is 0 Å². The monoisotopic (exact) mass is 475 g/mol. The molecule has 1 fully saturated rings. The van der Waals surface area contributed by atoms with E-state index >= 15 is 0 Å². The standard InChI is InChI=1S/C27H25NO3S2/c1-19-12-13-24(16-20(19)2)31-15-7-14-30-23-11-6-8-21(17-23)18-25-26(29)28(27(32)33-25)22-9-4-3-5-10-22/h3-6,8-13,16-18H,7,14-15H2,1-2H3. The van der Waals surface area contributed by atoms with Gasteiger partial charge in [0, 0.05) is 6.42 Å². The number of carbonyl (C=O) groups excluding carboxylic acids is 1. The summed E-state index contributed by atoms with van der Waals surface area (Å²) in [5.41, 5.74) is 4.16. The van der Waals surface area contributed by atoms with Gasteiger partial charge in [0.2, 0.25) is 0 Å². The van der Waals surface area contributed by atoms with Crippen LogP contribution >= 0.6 is 24.0 Å². The van der Waals surface area contributed by atoms with Crippen LogP contribution in [0.4, 0.5) is 5.69 Å². The average Bonchev–Trinajstić information content (AvgIpc) is 3.09. The Labute approximate surface area is 204 Å². The minimum atomic E-state index is -0.106. The van der Waals surface area contributed by atoms with Gasteiger partial charge >= 0.3 is 0 Å². The molecular formula is C27H25NO3S2. The van der Waals surface area contributed by atoms with E-state index in [1.165, 1.54) is 22.9 Å². The highest BCUT2D eigenvalue weighted by molar-refractivity contribution is 8.27. The molecule has 168 valence electrons. The summed E-state index contributed by atoms with van der Waals surface area (Å²) >= 11 is 6.75. The predicted molar refractivity (Wildman–Crippen MR) is 140 cm³/mol. The zero-order valence-corrected chi connectivity index (χ0v) is 20.2. The zero-order valence-electron chi connectivity index (χ0n) is 18.6. The maximum atomic E-state index is 12.9. The minimum Gasteiger partial charge on any atom is -0.493 e. The van der Waals surface area contributed by atoms with Crippen LogP contribution in [-0.2, 0) is 4.79 Å². The molecule has 0 atom stereocenters. The fourth-order valence-electron chi connectivity index (χ4n) is 3.36. The second-order valence-electron chi connectivity index (χ2n) is 7.72. The molecule has 1 heterocycles. The normalized spacial score (nSPS) is 14.7. The number of anilines is 1. The summed E-state index contributed by atoms with van der Waals surface area (Å²) in [6.07, 6.45) is 2.63. The topological polar surface area (TPSA) is 38.8 Å². The Morgan fingerprint density at radius 2 is 1.61 bits per heavy atom. The lowest BCUT2D eigenvalue weighted by Crippen LogP contribution is -2.27. The molecule has 0 bridgehead atoms. The van der Waals surface area contributed by atoms with Gasteiger partial charge in [0.1, 0.15) is 11.5 Å². The van der Waals surface area contributed by atoms with E-state index in [4.69, 9.17) is 21.7 Å². The first-order valence-electron chi connectivity index (χ1n) is 10.8. The Bertz CT molecular complexity index is 1190. The van der Waals surface area contributed by atoms with Gasteiger partial charge in [0.15, 0.2) is 4.32 Å². The molecule has 1 saturated heterocycles. The van der Waals surface area contributed by atoms with E-state index in [2.05, 4.69) is 26.0 Å². The maximum Gasteiger partial charge on any atom is 0.270 e. The number of amides is 1. The number of ether oxygens (including phenoxy) is 2. The van der Waals surface area contributed by atoms with Crippen molar-refractivity contribution in [1.29, 1.82) is 0 Å². The van der Waals surface area contributed by atoms with E-state index in [1.807, 2.05) is 66.7 Å². The first-order valence-corrected chi connectivity index (χ1v) is 12.0. The number of carbonyl (C=O) groups is 1. The molecule has 33 heavy (non-hydrogen) atoms. The van der Waals surface area contributed by atoms with Crippen molar-refractivity contribution in [2.24, 2.45) is 0 Å². The Morgan fingerprint density at radius 1 is 0.879 bits per heavy atom. The molecule has 0 radical (unpaired) electrons. The lowest BCUT2D eigenvalue weighted by molar-refractivity contribution is -0.113. The first kappa shape index (κ1) is 23.1. The lowest BCUT2D eigenvalue weighted by Gasteiger charge is -2.13. The second kappa shape index (κ2) is 10.7. The summed E-state index contributed by atoms with van der Waals surface area (Å²) in [6.45, 7) is 5.30. The lowest BCUT2D eigenvalue weighted by atomic mass is 10.1. The zero-order chi connectivity index (χ0) is 23.2. The molecule has 0 saturated carbocycles. The number of thiocarbonyl (C=S) groups is 1. The number of rotatable bonds is 8. The van der Waals surface area contributed by atoms with Crippen molar-refractivity contribution in [2.75, 3.05) is 18.1 Å². The largest absolute Gasteiger partial charge is 0.493 e. The molecule has 3 aromatic rings. The van der Waals surface area contributed by atoms with Gasteiger partial charge < -0.3 is 9.47 Å². The van der Waals surface area contributed by atoms with Gasteiger partial charge in [-0.15, -0.1) is 0 Å². The molecule has 0 spiro atoms. The number of thioether (sulfide) groups is 1. The molecule has 4 rings (SSSR count). The van der Waals surface area contributed by atoms with Gasteiger partial charge in [0.25, 0.3) is 5.91 Å². The van der Waals surface area contributed by atoms with Crippen LogP contribution in [-0.4, -0.2) is 23.4 Å². The van der Waals surface area contributed by atoms with Gasteiger partial charge in [-0.1, -0.05) is 60.4 Å². The summed E-state index contributed by atoms with van der Waals surface area (Å²) < 4.78 is 12.2. The number of benzene rings is 3. The molecule has 0 aromatic heterocycles. The highest BCUT2D eigenvalue weighted by Gasteiger charge is 2.33. The summed E-state index contributed by atoms with van der Waals surface area (Å²) in [5.74, 6) is 1.53. The quantitative estimate of drug-likeness (QED) is 0.210. The fourth-order valence-corrected chi connectivity index (χ4v) is 4.65. The van der Waals surface area contributed by atoms with E-state index in [9.17, 15) is 4.79 Å². The Kier molecular flexibility index (Phi) is 7.47. The second-order valence-corrected chi connectivity index (χ2v) is 9.40. The molecule has 0 N–H and O–H groups in total. The van der Waals surface area contributed by atoms with Crippen LogP contribution in [0, 0.1) is 13.8 Å². The van der Waals surface area contributed by atoms with E-state index in [-0.39, 0.29) is 5.91 Å². The van der Waals surface area contributed by atoms with Crippen LogP contribution in [0.2, 0.25) is 0 Å². The Hall–Kier alpha value is -3.09. The van der Waals surface area contributed by atoms with Crippen molar-refractivity contribution in [3.63, 3.8) is 0 Å². The third-order valence-electron chi connectivity index (χ3n) is 5.27. The number of aryl methyl sites for hydroxylation is 2. The van der Waals surface area contributed by atoms with Crippen molar-refractivity contribution in [3.8, 4) is 11.5 Å². The fraction of sp³-hybridized carbons (Fsp3) is 0.185. The summed E-state index contributed by atoms with van der Waals surface area (Å²) in [5, 5.41) is 0. The number of hydrogen-bond donors (Lipinski definition) is 0. The van der Waals surface area contributed by atoms with E-state index in [0.29, 0.717) is 22.4 Å². The first-order chi connectivity index (χ1) is 16.0. The molecule has 3 aromatic carbocycles. The maximum absolute atomic E-state index is 12.9. The third-order valence-corrected chi connectivity index (χ3v) is 6.57. The predicted octanol–water partition coefficient (Wildman–Crippen LogP) is 6.56. The van der Waals surface area contributed by atoms with E-state index in [0.717, 1.165) is 29.2 Å². The Morgan fingerprint density at radius 3 is 2.33 bits per heavy atom. The molecule has 6 heteroatoms. The highest BCUT2D eigenvalue weighted by Crippen LogP contribution is 2.36. The van der Waals surface area contributed by atoms with Crippen LogP contribution in [0.1, 0.15) is 23.1 Å². The summed E-state index contributed by atoms with van der Waals surface area (Å²) in [7, 11) is 0. The average molecular weight is 476 g/mol. The molecule has 0 aliphatic carbocycles. The highest BCUT2D eigenvalue weighted by atomic mass is 32.2. The molecule has 1 amide bonds. The van der Waals surface area contributed by atoms with Crippen LogP contribution in [0.5, 0.6) is 11.5 Å². The number of nitrogens with zero attached hydrogens (tertiary/aromatic N) is 1. The van der Waals surface area contributed by atoms with E-state index in [1.54, 1.807) is 4.90 Å². The van der Waals surface area contributed by atoms with Crippen LogP contribution in [0.15, 0.2) is 77.7 Å². The van der Waals surface area contributed by atoms with Crippen molar-refractivity contribution >= 4 is 46.0 Å². The van der Waals surface area contributed by atoms with Crippen molar-refractivity contribution < 1.29 is 14.3 Å². The molecule has 1 aliphatic rings. The van der Waals surface area contributed by atoms with Gasteiger partial charge in [-0.05, 0) is 73.0 Å². The van der Waals surface area contributed by atoms with Crippen molar-refractivity contribution in [3.05, 3.63) is 94.4 Å². The van der Waals surface area contributed by atoms with Gasteiger partial charge in [0.05, 0.1) is 23.8 Å². The number of hydrogen-bond acceptors (Lipinski definition) is 5. The molecule has 1 aliphatic heterocycles. The smallest absolute Gasteiger partial charge is 0.270 e.